The van der Waals surface area contributed by atoms with Gasteiger partial charge in [0.1, 0.15) is 5.01 Å². The lowest BCUT2D eigenvalue weighted by molar-refractivity contribution is -0.136. The molecule has 29 heavy (non-hydrogen) atoms. The van der Waals surface area contributed by atoms with E-state index >= 15 is 0 Å². The van der Waals surface area contributed by atoms with Crippen LogP contribution in [0, 0.1) is 0 Å². The van der Waals surface area contributed by atoms with E-state index in [0.717, 1.165) is 42.4 Å². The highest BCUT2D eigenvalue weighted by Gasteiger charge is 2.25. The van der Waals surface area contributed by atoms with Gasteiger partial charge in [-0.15, -0.1) is 21.5 Å². The average molecular weight is 445 g/mol. The summed E-state index contributed by atoms with van der Waals surface area (Å²) in [6.45, 7) is 3.01. The minimum absolute atomic E-state index is 0.111. The Morgan fingerprint density at radius 2 is 2.03 bits per heavy atom. The Labute approximate surface area is 180 Å². The number of nitrogens with one attached hydrogen (secondary N) is 1. The van der Waals surface area contributed by atoms with Crippen molar-refractivity contribution < 1.29 is 4.79 Å². The number of rotatable bonds is 5. The zero-order chi connectivity index (χ0) is 19.8. The number of nitrogens with zero attached hydrogens (tertiary/aromatic N) is 5. The normalized spacial score (nSPS) is 15.5. The molecule has 0 aromatic carbocycles. The molecule has 1 fully saturated rings. The topological polar surface area (TPSA) is 78.0 Å². The third-order valence-electron chi connectivity index (χ3n) is 4.91. The van der Waals surface area contributed by atoms with E-state index in [2.05, 4.69) is 25.1 Å². The zero-order valence-corrected chi connectivity index (χ0v) is 17.7. The summed E-state index contributed by atoms with van der Waals surface area (Å²) in [4.78, 5) is 25.4. The van der Waals surface area contributed by atoms with Crippen LogP contribution in [0.15, 0.2) is 36.7 Å². The van der Waals surface area contributed by atoms with E-state index in [4.69, 9.17) is 11.6 Å². The van der Waals surface area contributed by atoms with Gasteiger partial charge in [0.2, 0.25) is 5.91 Å². The number of pyridine rings is 1. The Morgan fingerprint density at radius 1 is 1.10 bits per heavy atom. The summed E-state index contributed by atoms with van der Waals surface area (Å²) in [5, 5.41) is 11.4. The predicted molar refractivity (Wildman–Crippen MR) is 115 cm³/mol. The van der Waals surface area contributed by atoms with Crippen molar-refractivity contribution in [2.24, 2.45) is 0 Å². The summed E-state index contributed by atoms with van der Waals surface area (Å²) in [5.74, 6) is 0.111. The van der Waals surface area contributed by atoms with Crippen LogP contribution in [-0.2, 0) is 17.9 Å². The number of fused-ring (bicyclic) bond motifs is 1. The van der Waals surface area contributed by atoms with Crippen molar-refractivity contribution in [3.63, 3.8) is 0 Å². The van der Waals surface area contributed by atoms with Crippen molar-refractivity contribution in [1.29, 1.82) is 0 Å². The number of halogens is 1. The third-order valence-corrected chi connectivity index (χ3v) is 7.22. The van der Waals surface area contributed by atoms with E-state index in [9.17, 15) is 4.79 Å². The Hall–Kier alpha value is -2.33. The van der Waals surface area contributed by atoms with Crippen LogP contribution in [-0.4, -0.2) is 55.5 Å². The Bertz CT molecular complexity index is 1170. The largest absolute Gasteiger partial charge is 0.361 e. The van der Waals surface area contributed by atoms with Crippen LogP contribution in [0.3, 0.4) is 0 Å². The third kappa shape index (κ3) is 3.91. The number of amides is 1. The molecule has 0 aliphatic carbocycles. The first-order valence-electron chi connectivity index (χ1n) is 9.15. The van der Waals surface area contributed by atoms with Gasteiger partial charge < -0.3 is 9.88 Å². The van der Waals surface area contributed by atoms with Gasteiger partial charge in [-0.3, -0.25) is 14.7 Å². The first-order valence-corrected chi connectivity index (χ1v) is 11.2. The van der Waals surface area contributed by atoms with E-state index < -0.39 is 0 Å². The maximum Gasteiger partial charge on any atom is 0.237 e. The molecule has 1 amide bonds. The number of hydrogen-bond acceptors (Lipinski definition) is 7. The van der Waals surface area contributed by atoms with Gasteiger partial charge in [-0.2, -0.15) is 0 Å². The van der Waals surface area contributed by atoms with E-state index in [0.29, 0.717) is 26.2 Å². The van der Waals surface area contributed by atoms with Gasteiger partial charge in [0.15, 0.2) is 5.01 Å². The first-order chi connectivity index (χ1) is 14.2. The van der Waals surface area contributed by atoms with Gasteiger partial charge >= 0.3 is 0 Å². The number of hydrogen-bond donors (Lipinski definition) is 1. The van der Waals surface area contributed by atoms with E-state index in [-0.39, 0.29) is 5.91 Å². The maximum absolute atomic E-state index is 12.7. The summed E-state index contributed by atoms with van der Waals surface area (Å²) in [7, 11) is 0. The van der Waals surface area contributed by atoms with Crippen LogP contribution in [0.25, 0.3) is 20.8 Å². The van der Waals surface area contributed by atoms with E-state index in [1.54, 1.807) is 17.5 Å². The van der Waals surface area contributed by atoms with Gasteiger partial charge in [0, 0.05) is 36.4 Å². The summed E-state index contributed by atoms with van der Waals surface area (Å²) in [6, 6.07) is 7.77. The summed E-state index contributed by atoms with van der Waals surface area (Å²) in [6.07, 6.45) is 3.68. The highest BCUT2D eigenvalue weighted by Crippen LogP contribution is 2.33. The van der Waals surface area contributed by atoms with Crippen LogP contribution in [0.2, 0.25) is 4.34 Å². The molecule has 0 unspecified atom stereocenters. The number of carbonyl (C=O) groups is 1. The number of aromatic amines is 1. The van der Waals surface area contributed by atoms with Crippen molar-refractivity contribution in [3.8, 4) is 9.88 Å². The molecule has 0 atom stereocenters. The average Bonchev–Trinajstić information content (AvgIpc) is 3.44. The van der Waals surface area contributed by atoms with Gasteiger partial charge in [-0.05, 0) is 24.3 Å². The molecule has 4 aromatic heterocycles. The fourth-order valence-electron chi connectivity index (χ4n) is 3.45. The fourth-order valence-corrected chi connectivity index (χ4v) is 5.42. The smallest absolute Gasteiger partial charge is 0.237 e. The lowest BCUT2D eigenvalue weighted by atomic mass is 10.2. The Kier molecular flexibility index (Phi) is 5.04. The molecule has 148 valence electrons. The van der Waals surface area contributed by atoms with Crippen LogP contribution in [0.5, 0.6) is 0 Å². The summed E-state index contributed by atoms with van der Waals surface area (Å²) < 4.78 is 0.739. The monoisotopic (exact) mass is 444 g/mol. The van der Waals surface area contributed by atoms with Crippen LogP contribution >= 0.6 is 34.3 Å². The summed E-state index contributed by atoms with van der Waals surface area (Å²) in [5.41, 5.74) is 1.97. The second kappa shape index (κ2) is 7.83. The first kappa shape index (κ1) is 18.7. The lowest BCUT2D eigenvalue weighted by Crippen LogP contribution is -2.49. The van der Waals surface area contributed by atoms with Crippen molar-refractivity contribution in [2.45, 2.75) is 13.1 Å². The van der Waals surface area contributed by atoms with Gasteiger partial charge in [0.25, 0.3) is 0 Å². The fraction of sp³-hybridized carbons (Fsp3) is 0.263. The minimum Gasteiger partial charge on any atom is -0.361 e. The predicted octanol–water partition coefficient (Wildman–Crippen LogP) is 3.64. The number of piperazine rings is 1. The molecule has 1 saturated heterocycles. The van der Waals surface area contributed by atoms with Crippen LogP contribution in [0.4, 0.5) is 0 Å². The number of H-pyrrole nitrogens is 1. The van der Waals surface area contributed by atoms with Crippen LogP contribution in [0.1, 0.15) is 10.7 Å². The molecule has 0 spiro atoms. The van der Waals surface area contributed by atoms with Crippen LogP contribution < -0.4 is 0 Å². The Balaban J connectivity index is 1.22. The second-order valence-electron chi connectivity index (χ2n) is 6.83. The molecule has 5 rings (SSSR count). The van der Waals surface area contributed by atoms with Gasteiger partial charge in [-0.25, -0.2) is 0 Å². The summed E-state index contributed by atoms with van der Waals surface area (Å²) >= 11 is 9.05. The molecule has 1 aliphatic rings. The van der Waals surface area contributed by atoms with E-state index in [1.165, 1.54) is 11.3 Å². The number of thiophene rings is 1. The van der Waals surface area contributed by atoms with Gasteiger partial charge in [0.05, 0.1) is 34.5 Å². The molecule has 0 saturated carbocycles. The molecular formula is C19H17ClN6OS2. The number of aromatic nitrogens is 4. The molecule has 0 bridgehead atoms. The Morgan fingerprint density at radius 3 is 2.86 bits per heavy atom. The van der Waals surface area contributed by atoms with Crippen molar-refractivity contribution in [2.75, 3.05) is 19.6 Å². The van der Waals surface area contributed by atoms with Gasteiger partial charge in [-0.1, -0.05) is 22.9 Å². The molecule has 0 radical (unpaired) electrons. The highest BCUT2D eigenvalue weighted by atomic mass is 35.5. The van der Waals surface area contributed by atoms with Crippen molar-refractivity contribution >= 4 is 51.1 Å². The maximum atomic E-state index is 12.7. The minimum atomic E-state index is 0.111. The molecule has 1 N–H and O–H groups in total. The SMILES string of the molecule is O=C1CN(Cc2nnc(-c3ccc(Cl)s3)s2)CCN1Cc1nccc2[nH]ccc12. The molecule has 7 nitrogen and oxygen atoms in total. The molecule has 10 heteroatoms. The molecular weight excluding hydrogens is 428 g/mol. The molecule has 5 heterocycles. The number of carbonyl (C=O) groups excluding carboxylic acids is 1. The zero-order valence-electron chi connectivity index (χ0n) is 15.3. The van der Waals surface area contributed by atoms with E-state index in [1.807, 2.05) is 35.4 Å². The van der Waals surface area contributed by atoms with Crippen molar-refractivity contribution in [3.05, 3.63) is 51.7 Å². The van der Waals surface area contributed by atoms with Crippen molar-refractivity contribution in [1.82, 2.24) is 30.0 Å². The molecule has 1 aliphatic heterocycles. The lowest BCUT2D eigenvalue weighted by Gasteiger charge is -2.33. The quantitative estimate of drug-likeness (QED) is 0.508. The standard InChI is InChI=1S/C19H17ClN6OS2/c20-16-2-1-15(28-16)19-24-23-17(29-19)10-25-7-8-26(18(27)11-25)9-14-12-3-5-21-13(12)4-6-22-14/h1-6,21H,7-11H2. The highest BCUT2D eigenvalue weighted by molar-refractivity contribution is 7.23. The second-order valence-corrected chi connectivity index (χ2v) is 9.60. The molecule has 4 aromatic rings.